The highest BCUT2D eigenvalue weighted by Gasteiger charge is 2.37. The summed E-state index contributed by atoms with van der Waals surface area (Å²) in [5.41, 5.74) is 0.835. The summed E-state index contributed by atoms with van der Waals surface area (Å²) in [5, 5.41) is 3.18. The van der Waals surface area contributed by atoms with Crippen LogP contribution in [0.3, 0.4) is 0 Å². The van der Waals surface area contributed by atoms with Gasteiger partial charge in [0, 0.05) is 10.4 Å². The SMILES string of the molecule is O=C(CN1C(=O)S/C(=C/C(Cl)=C/c2ccccc2)C1=O)NC1C=CS(=O)(=O)C1. The summed E-state index contributed by atoms with van der Waals surface area (Å²) in [5.74, 6) is -1.49. The van der Waals surface area contributed by atoms with Crippen LogP contribution in [-0.2, 0) is 19.4 Å². The number of amides is 3. The molecule has 0 aromatic heterocycles. The second-order valence-corrected chi connectivity index (χ2v) is 9.40. The van der Waals surface area contributed by atoms with Crippen LogP contribution in [0.4, 0.5) is 4.79 Å². The third-order valence-electron chi connectivity index (χ3n) is 3.82. The summed E-state index contributed by atoms with van der Waals surface area (Å²) in [6.07, 6.45) is 4.38. The average Bonchev–Trinajstić information content (AvgIpc) is 3.09. The van der Waals surface area contributed by atoms with Crippen LogP contribution < -0.4 is 5.32 Å². The number of carbonyl (C=O) groups is 3. The number of sulfone groups is 1. The summed E-state index contributed by atoms with van der Waals surface area (Å²) in [6.45, 7) is -0.494. The molecule has 1 N–H and O–H groups in total. The minimum atomic E-state index is -3.31. The second-order valence-electron chi connectivity index (χ2n) is 6.04. The fourth-order valence-corrected chi connectivity index (χ4v) is 4.94. The predicted molar refractivity (Wildman–Crippen MR) is 108 cm³/mol. The highest BCUT2D eigenvalue weighted by molar-refractivity contribution is 8.18. The van der Waals surface area contributed by atoms with E-state index in [1.165, 1.54) is 12.2 Å². The van der Waals surface area contributed by atoms with Gasteiger partial charge in [-0.3, -0.25) is 19.3 Å². The Hall–Kier alpha value is -2.36. The topological polar surface area (TPSA) is 101 Å². The number of nitrogens with one attached hydrogen (secondary N) is 1. The van der Waals surface area contributed by atoms with Crippen LogP contribution >= 0.6 is 23.4 Å². The minimum Gasteiger partial charge on any atom is -0.347 e. The van der Waals surface area contributed by atoms with E-state index in [9.17, 15) is 22.8 Å². The molecular weight excluding hydrogens is 424 g/mol. The van der Waals surface area contributed by atoms with E-state index in [1.54, 1.807) is 6.08 Å². The van der Waals surface area contributed by atoms with Gasteiger partial charge in [0.15, 0.2) is 9.84 Å². The van der Waals surface area contributed by atoms with Crippen LogP contribution in [0, 0.1) is 0 Å². The Morgan fingerprint density at radius 1 is 1.29 bits per heavy atom. The molecule has 3 amide bonds. The summed E-state index contributed by atoms with van der Waals surface area (Å²) >= 11 is 6.84. The molecule has 10 heteroatoms. The van der Waals surface area contributed by atoms with Gasteiger partial charge >= 0.3 is 0 Å². The van der Waals surface area contributed by atoms with Gasteiger partial charge in [-0.1, -0.05) is 41.9 Å². The van der Waals surface area contributed by atoms with Crippen molar-refractivity contribution in [2.75, 3.05) is 12.3 Å². The Morgan fingerprint density at radius 2 is 2.00 bits per heavy atom. The summed E-state index contributed by atoms with van der Waals surface area (Å²) < 4.78 is 22.7. The predicted octanol–water partition coefficient (Wildman–Crippen LogP) is 2.27. The largest absolute Gasteiger partial charge is 0.347 e. The summed E-state index contributed by atoms with van der Waals surface area (Å²) in [7, 11) is -3.31. The molecule has 0 radical (unpaired) electrons. The van der Waals surface area contributed by atoms with E-state index in [4.69, 9.17) is 11.6 Å². The zero-order valence-corrected chi connectivity index (χ0v) is 16.8. The number of hydrogen-bond acceptors (Lipinski definition) is 6. The number of nitrogens with zero attached hydrogens (tertiary/aromatic N) is 1. The third-order valence-corrected chi connectivity index (χ3v) is 6.35. The molecule has 2 heterocycles. The van der Waals surface area contributed by atoms with Crippen LogP contribution in [0.1, 0.15) is 5.56 Å². The van der Waals surface area contributed by atoms with Crippen molar-refractivity contribution in [3.05, 3.63) is 63.4 Å². The van der Waals surface area contributed by atoms with Crippen molar-refractivity contribution in [1.82, 2.24) is 10.2 Å². The zero-order valence-electron chi connectivity index (χ0n) is 14.4. The number of carbonyl (C=O) groups excluding carboxylic acids is 3. The number of imide groups is 1. The first-order valence-corrected chi connectivity index (χ1v) is 11.0. The van der Waals surface area contributed by atoms with E-state index < -0.39 is 39.5 Å². The fourth-order valence-electron chi connectivity index (χ4n) is 2.57. The summed E-state index contributed by atoms with van der Waals surface area (Å²) in [4.78, 5) is 37.5. The number of allylic oxidation sites excluding steroid dienone is 2. The van der Waals surface area contributed by atoms with Gasteiger partial charge in [-0.2, -0.15) is 0 Å². The quantitative estimate of drug-likeness (QED) is 0.708. The number of rotatable bonds is 5. The minimum absolute atomic E-state index is 0.110. The van der Waals surface area contributed by atoms with E-state index in [0.29, 0.717) is 11.8 Å². The lowest BCUT2D eigenvalue weighted by Crippen LogP contribution is -2.43. The lowest BCUT2D eigenvalue weighted by molar-refractivity contribution is -0.129. The van der Waals surface area contributed by atoms with Crippen molar-refractivity contribution in [1.29, 1.82) is 0 Å². The molecule has 3 rings (SSSR count). The Kier molecular flexibility index (Phi) is 6.07. The molecule has 2 aliphatic heterocycles. The Labute approximate surface area is 171 Å². The standard InChI is InChI=1S/C18H15ClN2O5S2/c19-13(8-12-4-2-1-3-5-12)9-15-17(23)21(18(24)27-15)10-16(22)20-14-6-7-28(25,26)11-14/h1-9,14H,10-11H2,(H,20,22)/b13-8-,15-9+. The second kappa shape index (κ2) is 8.34. The van der Waals surface area contributed by atoms with Gasteiger partial charge in [0.2, 0.25) is 5.91 Å². The fraction of sp³-hybridized carbons (Fsp3) is 0.167. The van der Waals surface area contributed by atoms with E-state index in [-0.39, 0.29) is 15.7 Å². The first-order valence-electron chi connectivity index (χ1n) is 8.11. The molecule has 1 unspecified atom stereocenters. The van der Waals surface area contributed by atoms with Crippen molar-refractivity contribution < 1.29 is 22.8 Å². The maximum absolute atomic E-state index is 12.4. The third kappa shape index (κ3) is 5.12. The zero-order chi connectivity index (χ0) is 20.3. The number of thioether (sulfide) groups is 1. The van der Waals surface area contributed by atoms with Crippen LogP contribution in [0.5, 0.6) is 0 Å². The molecule has 7 nitrogen and oxygen atoms in total. The number of halogens is 1. The van der Waals surface area contributed by atoms with Crippen molar-refractivity contribution in [3.63, 3.8) is 0 Å². The van der Waals surface area contributed by atoms with Gasteiger partial charge in [0.05, 0.1) is 16.7 Å². The molecule has 1 aromatic carbocycles. The maximum Gasteiger partial charge on any atom is 0.294 e. The van der Waals surface area contributed by atoms with Crippen LogP contribution in [-0.4, -0.2) is 48.7 Å². The number of benzene rings is 1. The van der Waals surface area contributed by atoms with E-state index in [2.05, 4.69) is 5.32 Å². The Morgan fingerprint density at radius 3 is 2.64 bits per heavy atom. The molecule has 28 heavy (non-hydrogen) atoms. The molecule has 2 aliphatic rings. The normalized spacial score (nSPS) is 22.9. The van der Waals surface area contributed by atoms with Crippen molar-refractivity contribution in [2.24, 2.45) is 0 Å². The van der Waals surface area contributed by atoms with Gasteiger partial charge in [-0.15, -0.1) is 0 Å². The van der Waals surface area contributed by atoms with Crippen LogP contribution in [0.25, 0.3) is 6.08 Å². The van der Waals surface area contributed by atoms with Crippen molar-refractivity contribution >= 4 is 56.3 Å². The Bertz CT molecular complexity index is 1020. The van der Waals surface area contributed by atoms with Gasteiger partial charge in [-0.05, 0) is 35.6 Å². The van der Waals surface area contributed by atoms with E-state index >= 15 is 0 Å². The molecule has 0 aliphatic carbocycles. The van der Waals surface area contributed by atoms with Crippen molar-refractivity contribution in [3.8, 4) is 0 Å². The lowest BCUT2D eigenvalue weighted by atomic mass is 10.2. The van der Waals surface area contributed by atoms with Crippen LogP contribution in [0.2, 0.25) is 0 Å². The molecule has 0 saturated carbocycles. The van der Waals surface area contributed by atoms with Gasteiger partial charge < -0.3 is 5.32 Å². The smallest absolute Gasteiger partial charge is 0.294 e. The van der Waals surface area contributed by atoms with Gasteiger partial charge in [-0.25, -0.2) is 8.42 Å². The average molecular weight is 439 g/mol. The first kappa shape index (κ1) is 20.4. The molecule has 146 valence electrons. The maximum atomic E-state index is 12.4. The monoisotopic (exact) mass is 438 g/mol. The first-order chi connectivity index (χ1) is 13.2. The van der Waals surface area contributed by atoms with Crippen LogP contribution in [0.15, 0.2) is 57.8 Å². The van der Waals surface area contributed by atoms with Crippen molar-refractivity contribution in [2.45, 2.75) is 6.04 Å². The molecule has 1 aromatic rings. The molecular formula is C18H15ClN2O5S2. The Balaban J connectivity index is 1.64. The van der Waals surface area contributed by atoms with E-state index in [1.807, 2.05) is 30.3 Å². The molecule has 1 atom stereocenters. The number of hydrogen-bond donors (Lipinski definition) is 1. The molecule has 1 saturated heterocycles. The van der Waals surface area contributed by atoms with E-state index in [0.717, 1.165) is 15.9 Å². The highest BCUT2D eigenvalue weighted by Crippen LogP contribution is 2.32. The molecule has 1 fully saturated rings. The van der Waals surface area contributed by atoms with Gasteiger partial charge in [0.25, 0.3) is 11.1 Å². The lowest BCUT2D eigenvalue weighted by Gasteiger charge is -2.14. The van der Waals surface area contributed by atoms with Gasteiger partial charge in [0.1, 0.15) is 6.54 Å². The summed E-state index contributed by atoms with van der Waals surface area (Å²) in [6, 6.07) is 8.54. The molecule has 0 bridgehead atoms. The molecule has 0 spiro atoms. The highest BCUT2D eigenvalue weighted by atomic mass is 35.5.